The van der Waals surface area contributed by atoms with Crippen LogP contribution in [0.25, 0.3) is 0 Å². The number of carbonyl (C=O) groups excluding carboxylic acids is 2. The highest BCUT2D eigenvalue weighted by atomic mass is 16.5. The minimum absolute atomic E-state index is 0.102. The van der Waals surface area contributed by atoms with E-state index >= 15 is 0 Å². The molecule has 0 saturated heterocycles. The van der Waals surface area contributed by atoms with Crippen LogP contribution in [0.1, 0.15) is 24.2 Å². The molecule has 0 saturated carbocycles. The molecule has 6 nitrogen and oxygen atoms in total. The van der Waals surface area contributed by atoms with Crippen LogP contribution in [-0.2, 0) is 4.79 Å². The quantitative estimate of drug-likeness (QED) is 0.842. The molecule has 0 aliphatic carbocycles. The molecule has 2 aromatic carbocycles. The number of amides is 2. The van der Waals surface area contributed by atoms with Crippen molar-refractivity contribution in [2.24, 2.45) is 5.92 Å². The van der Waals surface area contributed by atoms with Gasteiger partial charge in [0.15, 0.2) is 0 Å². The normalized spacial score (nSPS) is 10.3. The number of anilines is 2. The number of carbonyl (C=O) groups is 2. The number of ether oxygens (including phenoxy) is 2. The Morgan fingerprint density at radius 2 is 1.72 bits per heavy atom. The van der Waals surface area contributed by atoms with Gasteiger partial charge < -0.3 is 20.1 Å². The van der Waals surface area contributed by atoms with Crippen LogP contribution < -0.4 is 20.1 Å². The van der Waals surface area contributed by atoms with Crippen molar-refractivity contribution in [1.82, 2.24) is 0 Å². The van der Waals surface area contributed by atoms with Gasteiger partial charge in [-0.2, -0.15) is 0 Å². The molecule has 0 aromatic heterocycles. The molecule has 25 heavy (non-hydrogen) atoms. The Balaban J connectivity index is 2.17. The third-order valence-corrected chi connectivity index (χ3v) is 3.57. The van der Waals surface area contributed by atoms with Crippen molar-refractivity contribution in [1.29, 1.82) is 0 Å². The van der Waals surface area contributed by atoms with Crippen LogP contribution >= 0.6 is 0 Å². The van der Waals surface area contributed by atoms with Gasteiger partial charge in [0.1, 0.15) is 11.5 Å². The minimum Gasteiger partial charge on any atom is -0.497 e. The van der Waals surface area contributed by atoms with Crippen LogP contribution in [0.3, 0.4) is 0 Å². The smallest absolute Gasteiger partial charge is 0.255 e. The fourth-order valence-corrected chi connectivity index (χ4v) is 2.12. The first-order valence-electron chi connectivity index (χ1n) is 7.89. The maximum absolute atomic E-state index is 12.5. The number of hydrogen-bond donors (Lipinski definition) is 2. The van der Waals surface area contributed by atoms with E-state index in [1.807, 2.05) is 13.8 Å². The third kappa shape index (κ3) is 4.73. The Morgan fingerprint density at radius 3 is 2.36 bits per heavy atom. The molecule has 2 aromatic rings. The van der Waals surface area contributed by atoms with Crippen molar-refractivity contribution < 1.29 is 19.1 Å². The van der Waals surface area contributed by atoms with Gasteiger partial charge in [0.05, 0.1) is 19.9 Å². The van der Waals surface area contributed by atoms with Gasteiger partial charge in [-0.15, -0.1) is 0 Å². The molecule has 6 heteroatoms. The molecule has 0 spiro atoms. The summed E-state index contributed by atoms with van der Waals surface area (Å²) >= 11 is 0. The Kier molecular flexibility index (Phi) is 6.00. The lowest BCUT2D eigenvalue weighted by atomic mass is 10.1. The summed E-state index contributed by atoms with van der Waals surface area (Å²) in [6.45, 7) is 3.61. The SMILES string of the molecule is COc1ccc(NC(=O)c2cccc(NC(=O)C(C)C)c2)c(OC)c1. The first-order chi connectivity index (χ1) is 11.9. The van der Waals surface area contributed by atoms with E-state index in [9.17, 15) is 9.59 Å². The van der Waals surface area contributed by atoms with Crippen molar-refractivity contribution in [3.8, 4) is 11.5 Å². The standard InChI is InChI=1S/C19H22N2O4/c1-12(2)18(22)20-14-7-5-6-13(10-14)19(23)21-16-9-8-15(24-3)11-17(16)25-4/h5-12H,1-4H3,(H,20,22)(H,21,23). The zero-order chi connectivity index (χ0) is 18.4. The molecule has 0 fully saturated rings. The van der Waals surface area contributed by atoms with Gasteiger partial charge in [0.25, 0.3) is 5.91 Å². The zero-order valence-corrected chi connectivity index (χ0v) is 14.8. The molecule has 0 radical (unpaired) electrons. The molecular formula is C19H22N2O4. The Morgan fingerprint density at radius 1 is 0.960 bits per heavy atom. The van der Waals surface area contributed by atoms with Crippen LogP contribution in [0.5, 0.6) is 11.5 Å². The second-order valence-electron chi connectivity index (χ2n) is 5.75. The van der Waals surface area contributed by atoms with Crippen LogP contribution in [-0.4, -0.2) is 26.0 Å². The lowest BCUT2D eigenvalue weighted by Crippen LogP contribution is -2.18. The molecule has 2 amide bonds. The fraction of sp³-hybridized carbons (Fsp3) is 0.263. The maximum Gasteiger partial charge on any atom is 0.255 e. The van der Waals surface area contributed by atoms with E-state index < -0.39 is 0 Å². The van der Waals surface area contributed by atoms with E-state index in [2.05, 4.69) is 10.6 Å². The number of rotatable bonds is 6. The molecule has 2 N–H and O–H groups in total. The highest BCUT2D eigenvalue weighted by Crippen LogP contribution is 2.29. The first kappa shape index (κ1) is 18.3. The molecule has 0 aliphatic heterocycles. The van der Waals surface area contributed by atoms with E-state index in [1.54, 1.807) is 49.6 Å². The summed E-state index contributed by atoms with van der Waals surface area (Å²) < 4.78 is 10.4. The highest BCUT2D eigenvalue weighted by Gasteiger charge is 2.13. The minimum atomic E-state index is -0.302. The van der Waals surface area contributed by atoms with Gasteiger partial charge in [-0.05, 0) is 30.3 Å². The Hall–Kier alpha value is -3.02. The van der Waals surface area contributed by atoms with Crippen molar-refractivity contribution >= 4 is 23.2 Å². The van der Waals surface area contributed by atoms with Gasteiger partial charge in [-0.1, -0.05) is 19.9 Å². The summed E-state index contributed by atoms with van der Waals surface area (Å²) in [5.74, 6) is 0.588. The monoisotopic (exact) mass is 342 g/mol. The summed E-state index contributed by atoms with van der Waals surface area (Å²) in [5.41, 5.74) is 1.54. The topological polar surface area (TPSA) is 76.7 Å². The van der Waals surface area contributed by atoms with Crippen molar-refractivity contribution in [2.45, 2.75) is 13.8 Å². The van der Waals surface area contributed by atoms with Gasteiger partial charge in [-0.25, -0.2) is 0 Å². The molecule has 0 heterocycles. The van der Waals surface area contributed by atoms with E-state index in [0.29, 0.717) is 28.4 Å². The summed E-state index contributed by atoms with van der Waals surface area (Å²) in [5, 5.41) is 5.58. The third-order valence-electron chi connectivity index (χ3n) is 3.57. The van der Waals surface area contributed by atoms with E-state index in [4.69, 9.17) is 9.47 Å². The highest BCUT2D eigenvalue weighted by molar-refractivity contribution is 6.06. The summed E-state index contributed by atoms with van der Waals surface area (Å²) in [6, 6.07) is 11.9. The average Bonchev–Trinajstić information content (AvgIpc) is 2.62. The molecular weight excluding hydrogens is 320 g/mol. The van der Waals surface area contributed by atoms with Crippen molar-refractivity contribution in [2.75, 3.05) is 24.9 Å². The molecule has 132 valence electrons. The molecule has 0 aliphatic rings. The van der Waals surface area contributed by atoms with Gasteiger partial charge in [0, 0.05) is 23.2 Å². The Labute approximate surface area is 147 Å². The van der Waals surface area contributed by atoms with Gasteiger partial charge in [-0.3, -0.25) is 9.59 Å². The van der Waals surface area contributed by atoms with Crippen LogP contribution in [0.2, 0.25) is 0 Å². The number of hydrogen-bond acceptors (Lipinski definition) is 4. The van der Waals surface area contributed by atoms with Crippen molar-refractivity contribution in [3.05, 3.63) is 48.0 Å². The lowest BCUT2D eigenvalue weighted by molar-refractivity contribution is -0.118. The molecule has 2 rings (SSSR count). The average molecular weight is 342 g/mol. The number of benzene rings is 2. The first-order valence-corrected chi connectivity index (χ1v) is 7.89. The van der Waals surface area contributed by atoms with Crippen LogP contribution in [0, 0.1) is 5.92 Å². The van der Waals surface area contributed by atoms with E-state index in [1.165, 1.54) is 7.11 Å². The summed E-state index contributed by atoms with van der Waals surface area (Å²) in [6.07, 6.45) is 0. The van der Waals surface area contributed by atoms with E-state index in [-0.39, 0.29) is 17.7 Å². The van der Waals surface area contributed by atoms with Crippen LogP contribution in [0.4, 0.5) is 11.4 Å². The second-order valence-corrected chi connectivity index (χ2v) is 5.75. The fourth-order valence-electron chi connectivity index (χ4n) is 2.12. The van der Waals surface area contributed by atoms with Crippen molar-refractivity contribution in [3.63, 3.8) is 0 Å². The number of methoxy groups -OCH3 is 2. The Bertz CT molecular complexity index is 772. The van der Waals surface area contributed by atoms with Crippen LogP contribution in [0.15, 0.2) is 42.5 Å². The zero-order valence-electron chi connectivity index (χ0n) is 14.8. The number of nitrogens with one attached hydrogen (secondary N) is 2. The molecule has 0 atom stereocenters. The summed E-state index contributed by atoms with van der Waals surface area (Å²) in [4.78, 5) is 24.3. The molecule has 0 unspecified atom stereocenters. The second kappa shape index (κ2) is 8.19. The lowest BCUT2D eigenvalue weighted by Gasteiger charge is -2.12. The predicted octanol–water partition coefficient (Wildman–Crippen LogP) is 3.55. The molecule has 0 bridgehead atoms. The van der Waals surface area contributed by atoms with E-state index in [0.717, 1.165) is 0 Å². The van der Waals surface area contributed by atoms with Gasteiger partial charge in [0.2, 0.25) is 5.91 Å². The maximum atomic E-state index is 12.5. The van der Waals surface area contributed by atoms with Gasteiger partial charge >= 0.3 is 0 Å². The summed E-state index contributed by atoms with van der Waals surface area (Å²) in [7, 11) is 3.08. The largest absolute Gasteiger partial charge is 0.497 e. The predicted molar refractivity (Wildman–Crippen MR) is 97.4 cm³/mol.